The van der Waals surface area contributed by atoms with Crippen molar-refractivity contribution >= 4 is 23.4 Å². The van der Waals surface area contributed by atoms with Crippen molar-refractivity contribution in [2.75, 3.05) is 0 Å². The minimum absolute atomic E-state index is 0.0668. The standard InChI is InChI=1S/C17H20ClF3N2O2/c1-3-10(2)23-13(7-8-14(23)24)16(25)22-9-11-5-4-6-12(15(11)18)17(19,20)21/h4-6,10,13H,3,7-9H2,1-2H3,(H,22,25)/t10?,13-/m0/s1. The number of carbonyl (C=O) groups excluding carboxylic acids is 2. The third-order valence-electron chi connectivity index (χ3n) is 4.46. The van der Waals surface area contributed by atoms with Gasteiger partial charge in [0.15, 0.2) is 0 Å². The molecule has 0 aromatic heterocycles. The van der Waals surface area contributed by atoms with Crippen LogP contribution >= 0.6 is 11.6 Å². The van der Waals surface area contributed by atoms with E-state index in [2.05, 4.69) is 5.32 Å². The number of amides is 2. The van der Waals surface area contributed by atoms with Gasteiger partial charge in [-0.3, -0.25) is 9.59 Å². The summed E-state index contributed by atoms with van der Waals surface area (Å²) in [6, 6.07) is 2.92. The normalized spacial score (nSPS) is 19.2. The zero-order valence-corrected chi connectivity index (χ0v) is 14.7. The van der Waals surface area contributed by atoms with Crippen molar-refractivity contribution in [1.82, 2.24) is 10.2 Å². The highest BCUT2D eigenvalue weighted by Crippen LogP contribution is 2.36. The van der Waals surface area contributed by atoms with Crippen LogP contribution in [0.1, 0.15) is 44.2 Å². The van der Waals surface area contributed by atoms with Gasteiger partial charge in [0, 0.05) is 19.0 Å². The van der Waals surface area contributed by atoms with Gasteiger partial charge in [0.25, 0.3) is 0 Å². The third-order valence-corrected chi connectivity index (χ3v) is 4.91. The average molecular weight is 377 g/mol. The maximum atomic E-state index is 12.9. The molecule has 1 fully saturated rings. The predicted octanol–water partition coefficient (Wildman–Crippen LogP) is 3.76. The maximum Gasteiger partial charge on any atom is 0.417 e. The smallest absolute Gasteiger partial charge is 0.350 e. The van der Waals surface area contributed by atoms with Crippen molar-refractivity contribution in [3.05, 3.63) is 34.3 Å². The highest BCUT2D eigenvalue weighted by molar-refractivity contribution is 6.32. The van der Waals surface area contributed by atoms with Gasteiger partial charge < -0.3 is 10.2 Å². The highest BCUT2D eigenvalue weighted by atomic mass is 35.5. The van der Waals surface area contributed by atoms with E-state index in [0.29, 0.717) is 12.8 Å². The van der Waals surface area contributed by atoms with E-state index < -0.39 is 22.8 Å². The summed E-state index contributed by atoms with van der Waals surface area (Å²) >= 11 is 5.83. The second-order valence-corrected chi connectivity index (χ2v) is 6.48. The van der Waals surface area contributed by atoms with Gasteiger partial charge in [-0.05, 0) is 31.4 Å². The first-order chi connectivity index (χ1) is 11.7. The number of benzene rings is 1. The fraction of sp³-hybridized carbons (Fsp3) is 0.529. The van der Waals surface area contributed by atoms with Gasteiger partial charge >= 0.3 is 6.18 Å². The summed E-state index contributed by atoms with van der Waals surface area (Å²) in [6.07, 6.45) is -3.13. The molecule has 138 valence electrons. The molecule has 2 amide bonds. The molecule has 1 aliphatic heterocycles. The number of alkyl halides is 3. The van der Waals surface area contributed by atoms with Crippen LogP contribution in [0.5, 0.6) is 0 Å². The summed E-state index contributed by atoms with van der Waals surface area (Å²) in [5.41, 5.74) is -0.748. The molecule has 4 nitrogen and oxygen atoms in total. The summed E-state index contributed by atoms with van der Waals surface area (Å²) in [4.78, 5) is 25.9. The van der Waals surface area contributed by atoms with E-state index in [0.717, 1.165) is 12.5 Å². The van der Waals surface area contributed by atoms with Crippen LogP contribution in [-0.2, 0) is 22.3 Å². The fourth-order valence-corrected chi connectivity index (χ4v) is 3.24. The summed E-state index contributed by atoms with van der Waals surface area (Å²) in [7, 11) is 0. The Morgan fingerprint density at radius 2 is 2.12 bits per heavy atom. The number of halogens is 4. The molecule has 0 bridgehead atoms. The van der Waals surface area contributed by atoms with Gasteiger partial charge in [-0.15, -0.1) is 0 Å². The first kappa shape index (κ1) is 19.6. The Balaban J connectivity index is 2.09. The molecule has 1 aromatic carbocycles. The second kappa shape index (κ2) is 7.64. The quantitative estimate of drug-likeness (QED) is 0.850. The molecule has 2 atom stereocenters. The molecule has 0 spiro atoms. The Morgan fingerprint density at radius 1 is 1.44 bits per heavy atom. The second-order valence-electron chi connectivity index (χ2n) is 6.11. The van der Waals surface area contributed by atoms with Crippen LogP contribution in [0.3, 0.4) is 0 Å². The molecule has 0 radical (unpaired) electrons. The first-order valence-electron chi connectivity index (χ1n) is 8.10. The first-order valence-corrected chi connectivity index (χ1v) is 8.48. The molecule has 0 saturated carbocycles. The van der Waals surface area contributed by atoms with E-state index >= 15 is 0 Å². The number of hydrogen-bond donors (Lipinski definition) is 1. The average Bonchev–Trinajstić information content (AvgIpc) is 2.93. The summed E-state index contributed by atoms with van der Waals surface area (Å²) < 4.78 is 38.6. The molecule has 1 heterocycles. The molecule has 1 aliphatic rings. The third kappa shape index (κ3) is 4.26. The van der Waals surface area contributed by atoms with E-state index in [4.69, 9.17) is 11.6 Å². The van der Waals surface area contributed by atoms with Crippen molar-refractivity contribution in [2.24, 2.45) is 0 Å². The predicted molar refractivity (Wildman–Crippen MR) is 87.9 cm³/mol. The van der Waals surface area contributed by atoms with Crippen LogP contribution in [-0.4, -0.2) is 28.8 Å². The van der Waals surface area contributed by atoms with E-state index in [1.165, 1.54) is 12.1 Å². The molecule has 25 heavy (non-hydrogen) atoms. The van der Waals surface area contributed by atoms with Crippen molar-refractivity contribution in [3.8, 4) is 0 Å². The van der Waals surface area contributed by atoms with Crippen molar-refractivity contribution in [1.29, 1.82) is 0 Å². The van der Waals surface area contributed by atoms with E-state index in [-0.39, 0.29) is 30.0 Å². The molecule has 0 aliphatic carbocycles. The molecule has 2 rings (SSSR count). The van der Waals surface area contributed by atoms with Crippen molar-refractivity contribution < 1.29 is 22.8 Å². The number of hydrogen-bond acceptors (Lipinski definition) is 2. The lowest BCUT2D eigenvalue weighted by atomic mass is 10.1. The highest BCUT2D eigenvalue weighted by Gasteiger charge is 2.38. The van der Waals surface area contributed by atoms with Gasteiger partial charge in [-0.25, -0.2) is 0 Å². The Bertz CT molecular complexity index is 664. The van der Waals surface area contributed by atoms with Gasteiger partial charge in [-0.1, -0.05) is 30.7 Å². The van der Waals surface area contributed by atoms with E-state index in [1.807, 2.05) is 13.8 Å². The monoisotopic (exact) mass is 376 g/mol. The number of rotatable bonds is 5. The van der Waals surface area contributed by atoms with Gasteiger partial charge in [-0.2, -0.15) is 13.2 Å². The van der Waals surface area contributed by atoms with Crippen LogP contribution in [0.4, 0.5) is 13.2 Å². The van der Waals surface area contributed by atoms with E-state index in [1.54, 1.807) is 4.90 Å². The summed E-state index contributed by atoms with van der Waals surface area (Å²) in [6.45, 7) is 3.67. The number of nitrogens with one attached hydrogen (secondary N) is 1. The summed E-state index contributed by atoms with van der Waals surface area (Å²) in [5.74, 6) is -0.453. The minimum Gasteiger partial charge on any atom is -0.350 e. The SMILES string of the molecule is CCC(C)N1C(=O)CC[C@H]1C(=O)NCc1cccc(C(F)(F)F)c1Cl. The largest absolute Gasteiger partial charge is 0.417 e. The summed E-state index contributed by atoms with van der Waals surface area (Å²) in [5, 5.41) is 2.19. The fourth-order valence-electron chi connectivity index (χ4n) is 2.94. The zero-order chi connectivity index (χ0) is 18.8. The molecular weight excluding hydrogens is 357 g/mol. The lowest BCUT2D eigenvalue weighted by Gasteiger charge is -2.29. The Morgan fingerprint density at radius 3 is 2.72 bits per heavy atom. The molecule has 1 unspecified atom stereocenters. The molecule has 1 aromatic rings. The lowest BCUT2D eigenvalue weighted by molar-refractivity contribution is -0.137. The van der Waals surface area contributed by atoms with Crippen molar-refractivity contribution in [3.63, 3.8) is 0 Å². The number of nitrogens with zero attached hydrogens (tertiary/aromatic N) is 1. The Kier molecular flexibility index (Phi) is 5.98. The molecule has 1 N–H and O–H groups in total. The van der Waals surface area contributed by atoms with Gasteiger partial charge in [0.05, 0.1) is 10.6 Å². The Labute approximate surface area is 149 Å². The van der Waals surface area contributed by atoms with Crippen molar-refractivity contribution in [2.45, 2.75) is 57.9 Å². The topological polar surface area (TPSA) is 49.4 Å². The lowest BCUT2D eigenvalue weighted by Crippen LogP contribution is -2.48. The minimum atomic E-state index is -4.55. The van der Waals surface area contributed by atoms with E-state index in [9.17, 15) is 22.8 Å². The van der Waals surface area contributed by atoms with Crippen LogP contribution in [0.2, 0.25) is 5.02 Å². The van der Waals surface area contributed by atoms with Gasteiger partial charge in [0.1, 0.15) is 6.04 Å². The molecule has 1 saturated heterocycles. The zero-order valence-electron chi connectivity index (χ0n) is 14.0. The van der Waals surface area contributed by atoms with Crippen LogP contribution in [0, 0.1) is 0 Å². The van der Waals surface area contributed by atoms with Crippen LogP contribution in [0.15, 0.2) is 18.2 Å². The molecule has 8 heteroatoms. The van der Waals surface area contributed by atoms with Crippen LogP contribution in [0.25, 0.3) is 0 Å². The number of likely N-dealkylation sites (tertiary alicyclic amines) is 1. The van der Waals surface area contributed by atoms with Gasteiger partial charge in [0.2, 0.25) is 11.8 Å². The number of carbonyl (C=O) groups is 2. The molecular formula is C17H20ClF3N2O2. The maximum absolute atomic E-state index is 12.9. The van der Waals surface area contributed by atoms with Crippen LogP contribution < -0.4 is 5.32 Å². The Hall–Kier alpha value is -1.76.